The number of piperazine rings is 1. The van der Waals surface area contributed by atoms with E-state index in [1.54, 1.807) is 6.33 Å². The van der Waals surface area contributed by atoms with Crippen molar-refractivity contribution in [2.45, 2.75) is 0 Å². The van der Waals surface area contributed by atoms with Gasteiger partial charge < -0.3 is 14.4 Å². The van der Waals surface area contributed by atoms with Crippen LogP contribution in [0, 0.1) is 0 Å². The van der Waals surface area contributed by atoms with Gasteiger partial charge in [0.25, 0.3) is 5.91 Å². The first-order chi connectivity index (χ1) is 13.8. The van der Waals surface area contributed by atoms with E-state index >= 15 is 0 Å². The Labute approximate surface area is 165 Å². The fraction of sp³-hybridized carbons (Fsp3) is 0.200. The highest BCUT2D eigenvalue weighted by Gasteiger charge is 2.25. The van der Waals surface area contributed by atoms with Crippen LogP contribution in [-0.4, -0.2) is 56.5 Å². The Morgan fingerprint density at radius 2 is 1.68 bits per heavy atom. The van der Waals surface area contributed by atoms with Crippen molar-refractivity contribution in [1.29, 1.82) is 0 Å². The second-order valence-electron chi connectivity index (χ2n) is 6.59. The summed E-state index contributed by atoms with van der Waals surface area (Å²) in [5.74, 6) is 1.73. The molecule has 140 valence electrons. The van der Waals surface area contributed by atoms with Gasteiger partial charge in [-0.25, -0.2) is 15.0 Å². The molecule has 0 unspecified atom stereocenters. The molecule has 0 N–H and O–H groups in total. The summed E-state index contributed by atoms with van der Waals surface area (Å²) in [6.45, 7) is 2.77. The van der Waals surface area contributed by atoms with E-state index in [1.807, 2.05) is 64.3 Å². The summed E-state index contributed by atoms with van der Waals surface area (Å²) in [6.07, 6.45) is 5.50. The number of anilines is 1. The normalized spacial score (nSPS) is 14.6. The van der Waals surface area contributed by atoms with Crippen molar-refractivity contribution in [3.63, 3.8) is 0 Å². The van der Waals surface area contributed by atoms with Crippen LogP contribution >= 0.6 is 11.3 Å². The van der Waals surface area contributed by atoms with E-state index in [-0.39, 0.29) is 5.91 Å². The lowest BCUT2D eigenvalue weighted by Crippen LogP contribution is -2.49. The van der Waals surface area contributed by atoms with E-state index in [9.17, 15) is 4.79 Å². The maximum atomic E-state index is 12.8. The first-order valence-electron chi connectivity index (χ1n) is 9.13. The standard InChI is InChI=1S/C20H18N6OS/c27-20(19-23-15-5-1-2-6-16(15)28-19)26-11-9-25(10-12-26)18-13-17(21-14-22-18)24-7-3-4-8-24/h1-8,13-14H,9-12H2. The molecule has 4 aromatic rings. The third-order valence-electron chi connectivity index (χ3n) is 4.87. The van der Waals surface area contributed by atoms with Crippen LogP contribution in [0.3, 0.4) is 0 Å². The molecule has 5 rings (SSSR count). The Kier molecular flexibility index (Phi) is 4.25. The molecular weight excluding hydrogens is 372 g/mol. The molecule has 7 nitrogen and oxygen atoms in total. The third kappa shape index (κ3) is 3.11. The van der Waals surface area contributed by atoms with E-state index < -0.39 is 0 Å². The lowest BCUT2D eigenvalue weighted by atomic mass is 10.3. The van der Waals surface area contributed by atoms with Gasteiger partial charge in [0.1, 0.15) is 18.0 Å². The molecule has 0 aliphatic carbocycles. The van der Waals surface area contributed by atoms with Crippen LogP contribution in [0.1, 0.15) is 9.80 Å². The Bertz CT molecular complexity index is 1080. The molecule has 0 atom stereocenters. The number of thiazole rings is 1. The number of carbonyl (C=O) groups is 1. The van der Waals surface area contributed by atoms with Gasteiger partial charge in [-0.3, -0.25) is 4.79 Å². The molecule has 0 bridgehead atoms. The highest BCUT2D eigenvalue weighted by molar-refractivity contribution is 7.20. The second-order valence-corrected chi connectivity index (χ2v) is 7.62. The number of nitrogens with zero attached hydrogens (tertiary/aromatic N) is 6. The van der Waals surface area contributed by atoms with Crippen LogP contribution in [0.4, 0.5) is 5.82 Å². The average molecular weight is 390 g/mol. The van der Waals surface area contributed by atoms with Gasteiger partial charge in [0.15, 0.2) is 5.01 Å². The summed E-state index contributed by atoms with van der Waals surface area (Å²) in [6, 6.07) is 13.8. The van der Waals surface area contributed by atoms with Gasteiger partial charge in [-0.05, 0) is 24.3 Å². The van der Waals surface area contributed by atoms with Gasteiger partial charge in [0.05, 0.1) is 10.2 Å². The maximum absolute atomic E-state index is 12.8. The van der Waals surface area contributed by atoms with Crippen LogP contribution in [0.25, 0.3) is 16.0 Å². The lowest BCUT2D eigenvalue weighted by Gasteiger charge is -2.35. The zero-order valence-corrected chi connectivity index (χ0v) is 15.9. The largest absolute Gasteiger partial charge is 0.353 e. The van der Waals surface area contributed by atoms with Crippen LogP contribution in [0.15, 0.2) is 61.2 Å². The SMILES string of the molecule is O=C(c1nc2ccccc2s1)N1CCN(c2cc(-n3cccc3)ncn2)CC1. The predicted octanol–water partition coefficient (Wildman–Crippen LogP) is 2.84. The molecule has 28 heavy (non-hydrogen) atoms. The number of rotatable bonds is 3. The minimum absolute atomic E-state index is 0.0107. The van der Waals surface area contributed by atoms with Gasteiger partial charge >= 0.3 is 0 Å². The minimum atomic E-state index is 0.0107. The average Bonchev–Trinajstić information content (AvgIpc) is 3.43. The Balaban J connectivity index is 1.28. The molecule has 1 amide bonds. The number of carbonyl (C=O) groups excluding carboxylic acids is 1. The van der Waals surface area contributed by atoms with E-state index in [1.165, 1.54) is 11.3 Å². The monoisotopic (exact) mass is 390 g/mol. The summed E-state index contributed by atoms with van der Waals surface area (Å²) < 4.78 is 3.00. The smallest absolute Gasteiger partial charge is 0.282 e. The van der Waals surface area contributed by atoms with Crippen LogP contribution in [0.2, 0.25) is 0 Å². The molecule has 1 aliphatic heterocycles. The lowest BCUT2D eigenvalue weighted by molar-refractivity contribution is 0.0746. The zero-order chi connectivity index (χ0) is 18.9. The zero-order valence-electron chi connectivity index (χ0n) is 15.1. The summed E-state index contributed by atoms with van der Waals surface area (Å²) in [5.41, 5.74) is 0.882. The number of fused-ring (bicyclic) bond motifs is 1. The van der Waals surface area contributed by atoms with Crippen molar-refractivity contribution in [2.24, 2.45) is 0 Å². The number of benzene rings is 1. The Morgan fingerprint density at radius 3 is 2.46 bits per heavy atom. The number of aromatic nitrogens is 4. The highest BCUT2D eigenvalue weighted by Crippen LogP contribution is 2.23. The number of amides is 1. The van der Waals surface area contributed by atoms with E-state index in [0.29, 0.717) is 18.1 Å². The fourth-order valence-corrected chi connectivity index (χ4v) is 4.31. The molecule has 1 fully saturated rings. The van der Waals surface area contributed by atoms with Gasteiger partial charge in [-0.15, -0.1) is 11.3 Å². The first kappa shape index (κ1) is 16.9. The van der Waals surface area contributed by atoms with E-state index in [2.05, 4.69) is 19.9 Å². The molecule has 1 saturated heterocycles. The van der Waals surface area contributed by atoms with Crippen molar-refractivity contribution in [1.82, 2.24) is 24.4 Å². The quantitative estimate of drug-likeness (QED) is 0.538. The van der Waals surface area contributed by atoms with Crippen molar-refractivity contribution in [3.8, 4) is 5.82 Å². The highest BCUT2D eigenvalue weighted by atomic mass is 32.1. The number of para-hydroxylation sites is 1. The Morgan fingerprint density at radius 1 is 0.929 bits per heavy atom. The maximum Gasteiger partial charge on any atom is 0.282 e. The molecule has 1 aromatic carbocycles. The fourth-order valence-electron chi connectivity index (χ4n) is 3.38. The first-order valence-corrected chi connectivity index (χ1v) is 9.95. The van der Waals surface area contributed by atoms with Crippen LogP contribution in [-0.2, 0) is 0 Å². The molecule has 1 aliphatic rings. The second kappa shape index (κ2) is 7.05. The number of hydrogen-bond acceptors (Lipinski definition) is 6. The van der Waals surface area contributed by atoms with Gasteiger partial charge in [0.2, 0.25) is 0 Å². The Hall–Kier alpha value is -3.26. The van der Waals surface area contributed by atoms with E-state index in [4.69, 9.17) is 0 Å². The summed E-state index contributed by atoms with van der Waals surface area (Å²) in [4.78, 5) is 30.2. The number of hydrogen-bond donors (Lipinski definition) is 0. The van der Waals surface area contributed by atoms with Crippen molar-refractivity contribution >= 4 is 33.3 Å². The predicted molar refractivity (Wildman–Crippen MR) is 109 cm³/mol. The molecule has 0 radical (unpaired) electrons. The van der Waals surface area contributed by atoms with Crippen molar-refractivity contribution in [3.05, 3.63) is 66.2 Å². The summed E-state index contributed by atoms with van der Waals surface area (Å²) in [5, 5.41) is 0.562. The summed E-state index contributed by atoms with van der Waals surface area (Å²) in [7, 11) is 0. The van der Waals surface area contributed by atoms with E-state index in [0.717, 1.165) is 34.9 Å². The van der Waals surface area contributed by atoms with Gasteiger partial charge in [-0.1, -0.05) is 12.1 Å². The molecule has 3 aromatic heterocycles. The van der Waals surface area contributed by atoms with Crippen molar-refractivity contribution in [2.75, 3.05) is 31.1 Å². The van der Waals surface area contributed by atoms with Gasteiger partial charge in [0, 0.05) is 44.6 Å². The molecule has 0 saturated carbocycles. The molecule has 4 heterocycles. The van der Waals surface area contributed by atoms with Crippen LogP contribution in [0.5, 0.6) is 0 Å². The van der Waals surface area contributed by atoms with Crippen LogP contribution < -0.4 is 4.90 Å². The van der Waals surface area contributed by atoms with Crippen molar-refractivity contribution < 1.29 is 4.79 Å². The molecule has 0 spiro atoms. The molecular formula is C20H18N6OS. The third-order valence-corrected chi connectivity index (χ3v) is 5.90. The molecule has 8 heteroatoms. The topological polar surface area (TPSA) is 67.2 Å². The minimum Gasteiger partial charge on any atom is -0.353 e. The van der Waals surface area contributed by atoms with Gasteiger partial charge in [-0.2, -0.15) is 0 Å². The summed E-state index contributed by atoms with van der Waals surface area (Å²) >= 11 is 1.46.